The zero-order chi connectivity index (χ0) is 13.0. The van der Waals surface area contributed by atoms with Crippen LogP contribution in [0, 0.1) is 0 Å². The third-order valence-corrected chi connectivity index (χ3v) is 3.81. The Balaban J connectivity index is 2.35. The van der Waals surface area contributed by atoms with Crippen molar-refractivity contribution >= 4 is 57.6 Å². The maximum absolute atomic E-state index is 6.28. The highest BCUT2D eigenvalue weighted by atomic mass is 35.5. The third-order valence-electron chi connectivity index (χ3n) is 3.49. The number of hydrogen-bond donors (Lipinski definition) is 0. The van der Waals surface area contributed by atoms with Gasteiger partial charge in [-0.1, -0.05) is 53.5 Å². The second-order valence-corrected chi connectivity index (χ2v) is 5.01. The van der Waals surface area contributed by atoms with E-state index in [1.165, 1.54) is 0 Å². The summed E-state index contributed by atoms with van der Waals surface area (Å²) >= 11 is 6.28. The summed E-state index contributed by atoms with van der Waals surface area (Å²) in [4.78, 5) is 0. The van der Waals surface area contributed by atoms with E-state index in [0.717, 1.165) is 27.1 Å². The monoisotopic (exact) mass is 262 g/mol. The fraction of sp³-hybridized carbons (Fsp3) is 0. The molecule has 4 rings (SSSR count). The van der Waals surface area contributed by atoms with Gasteiger partial charge in [0.2, 0.25) is 0 Å². The normalized spacial score (nSPS) is 11.6. The second kappa shape index (κ2) is 3.78. The van der Waals surface area contributed by atoms with Gasteiger partial charge in [0.1, 0.15) is 19.0 Å². The molecule has 4 aromatic rings. The molecule has 0 aliphatic carbocycles. The second-order valence-electron chi connectivity index (χ2n) is 4.61. The summed E-state index contributed by atoms with van der Waals surface area (Å²) in [5.74, 6) is 0. The predicted octanol–water partition coefficient (Wildman–Crippen LogP) is 4.19. The van der Waals surface area contributed by atoms with Crippen molar-refractivity contribution in [3.8, 4) is 0 Å². The summed E-state index contributed by atoms with van der Waals surface area (Å²) in [6, 6.07) is 15.8. The molecule has 0 saturated heterocycles. The van der Waals surface area contributed by atoms with E-state index in [1.807, 2.05) is 30.3 Å². The average molecular weight is 263 g/mol. The molecule has 0 N–H and O–H groups in total. The van der Waals surface area contributed by atoms with E-state index in [0.29, 0.717) is 16.1 Å². The number of benzene rings is 3. The van der Waals surface area contributed by atoms with Crippen LogP contribution in [0.25, 0.3) is 32.7 Å². The van der Waals surface area contributed by atoms with E-state index in [1.54, 1.807) is 6.07 Å². The van der Waals surface area contributed by atoms with Gasteiger partial charge in [-0.25, -0.2) is 0 Å². The van der Waals surface area contributed by atoms with Gasteiger partial charge in [0.15, 0.2) is 0 Å². The van der Waals surface area contributed by atoms with Crippen molar-refractivity contribution in [3.05, 3.63) is 53.6 Å². The number of fused-ring (bicyclic) bond motifs is 5. The molecule has 0 spiro atoms. The Morgan fingerprint density at radius 1 is 0.842 bits per heavy atom. The van der Waals surface area contributed by atoms with Gasteiger partial charge < -0.3 is 4.42 Å². The summed E-state index contributed by atoms with van der Waals surface area (Å²) in [5.41, 5.74) is 2.12. The highest BCUT2D eigenvalue weighted by Gasteiger charge is 2.13. The number of furan rings is 1. The van der Waals surface area contributed by atoms with Crippen LogP contribution in [0.15, 0.2) is 52.9 Å². The van der Waals surface area contributed by atoms with Gasteiger partial charge in [0.05, 0.1) is 5.02 Å². The van der Waals surface area contributed by atoms with Crippen molar-refractivity contribution in [3.63, 3.8) is 0 Å². The average Bonchev–Trinajstić information content (AvgIpc) is 2.84. The van der Waals surface area contributed by atoms with Crippen LogP contribution in [-0.4, -0.2) is 7.85 Å². The van der Waals surface area contributed by atoms with Crippen LogP contribution < -0.4 is 5.46 Å². The van der Waals surface area contributed by atoms with E-state index in [-0.39, 0.29) is 0 Å². The molecule has 0 atom stereocenters. The molecule has 0 aliphatic rings. The van der Waals surface area contributed by atoms with Gasteiger partial charge in [0, 0.05) is 16.2 Å². The van der Waals surface area contributed by atoms with Crippen molar-refractivity contribution in [1.82, 2.24) is 0 Å². The third kappa shape index (κ3) is 1.44. The molecule has 0 fully saturated rings. The van der Waals surface area contributed by atoms with Gasteiger partial charge in [-0.15, -0.1) is 0 Å². The standard InChI is InChI=1S/C16H8BClO/c17-12-7-8-13(18)14-11-6-5-9-3-1-2-4-10(9)15(11)19-16(12)14/h1-8H. The first-order valence-electron chi connectivity index (χ1n) is 6.03. The summed E-state index contributed by atoms with van der Waals surface area (Å²) < 4.78 is 5.97. The lowest BCUT2D eigenvalue weighted by Crippen LogP contribution is -2.01. The molecule has 0 saturated carbocycles. The van der Waals surface area contributed by atoms with E-state index in [9.17, 15) is 0 Å². The molecule has 0 amide bonds. The molecule has 19 heavy (non-hydrogen) atoms. The van der Waals surface area contributed by atoms with E-state index < -0.39 is 0 Å². The first kappa shape index (κ1) is 10.9. The van der Waals surface area contributed by atoms with E-state index in [2.05, 4.69) is 12.1 Å². The lowest BCUT2D eigenvalue weighted by molar-refractivity contribution is 0.675. The SMILES string of the molecule is [B]c1ccc(Cl)c2c1oc1c3ccccc3ccc12. The van der Waals surface area contributed by atoms with E-state index in [4.69, 9.17) is 23.9 Å². The number of halogens is 1. The topological polar surface area (TPSA) is 13.1 Å². The molecular weight excluding hydrogens is 254 g/mol. The zero-order valence-electron chi connectivity index (χ0n) is 9.98. The van der Waals surface area contributed by atoms with Crippen LogP contribution in [0.2, 0.25) is 5.02 Å². The van der Waals surface area contributed by atoms with Crippen LogP contribution in [0.5, 0.6) is 0 Å². The Bertz CT molecular complexity index is 940. The molecule has 0 aliphatic heterocycles. The van der Waals surface area contributed by atoms with Crippen molar-refractivity contribution in [1.29, 1.82) is 0 Å². The first-order chi connectivity index (χ1) is 9.25. The van der Waals surface area contributed by atoms with Gasteiger partial charge in [-0.2, -0.15) is 0 Å². The molecule has 2 radical (unpaired) electrons. The maximum Gasteiger partial charge on any atom is 0.143 e. The van der Waals surface area contributed by atoms with Gasteiger partial charge in [0.25, 0.3) is 0 Å². The maximum atomic E-state index is 6.28. The zero-order valence-corrected chi connectivity index (χ0v) is 10.7. The van der Waals surface area contributed by atoms with Crippen LogP contribution in [-0.2, 0) is 0 Å². The molecule has 1 nitrogen and oxygen atoms in total. The quantitative estimate of drug-likeness (QED) is 0.433. The molecule has 88 valence electrons. The fourth-order valence-corrected chi connectivity index (χ4v) is 2.84. The van der Waals surface area contributed by atoms with E-state index >= 15 is 0 Å². The molecule has 3 aromatic carbocycles. The molecule has 1 heterocycles. The fourth-order valence-electron chi connectivity index (χ4n) is 2.59. The lowest BCUT2D eigenvalue weighted by Gasteiger charge is -1.98. The van der Waals surface area contributed by atoms with Gasteiger partial charge >= 0.3 is 0 Å². The summed E-state index contributed by atoms with van der Waals surface area (Å²) in [7, 11) is 5.98. The Kier molecular flexibility index (Phi) is 2.18. The Hall–Kier alpha value is -1.93. The molecule has 0 bridgehead atoms. The van der Waals surface area contributed by atoms with Crippen LogP contribution in [0.1, 0.15) is 0 Å². The summed E-state index contributed by atoms with van der Waals surface area (Å²) in [6.07, 6.45) is 0. The summed E-state index contributed by atoms with van der Waals surface area (Å²) in [5, 5.41) is 4.78. The highest BCUT2D eigenvalue weighted by Crippen LogP contribution is 2.36. The number of hydrogen-bond acceptors (Lipinski definition) is 1. The largest absolute Gasteiger partial charge is 0.456 e. The predicted molar refractivity (Wildman–Crippen MR) is 81.6 cm³/mol. The molecule has 3 heteroatoms. The van der Waals surface area contributed by atoms with Crippen LogP contribution >= 0.6 is 11.6 Å². The van der Waals surface area contributed by atoms with Crippen molar-refractivity contribution in [2.75, 3.05) is 0 Å². The Morgan fingerprint density at radius 2 is 1.68 bits per heavy atom. The lowest BCUT2D eigenvalue weighted by atomic mass is 9.94. The minimum Gasteiger partial charge on any atom is -0.456 e. The van der Waals surface area contributed by atoms with Crippen molar-refractivity contribution < 1.29 is 4.42 Å². The Morgan fingerprint density at radius 3 is 2.58 bits per heavy atom. The molecular formula is C16H8BClO. The van der Waals surface area contributed by atoms with Crippen LogP contribution in [0.4, 0.5) is 0 Å². The summed E-state index contributed by atoms with van der Waals surface area (Å²) in [6.45, 7) is 0. The molecule has 0 unspecified atom stereocenters. The van der Waals surface area contributed by atoms with Crippen LogP contribution in [0.3, 0.4) is 0 Å². The van der Waals surface area contributed by atoms with Gasteiger partial charge in [-0.3, -0.25) is 0 Å². The smallest absolute Gasteiger partial charge is 0.143 e. The number of rotatable bonds is 0. The van der Waals surface area contributed by atoms with Crippen molar-refractivity contribution in [2.24, 2.45) is 0 Å². The first-order valence-corrected chi connectivity index (χ1v) is 6.41. The Labute approximate surface area is 116 Å². The van der Waals surface area contributed by atoms with Gasteiger partial charge in [-0.05, 0) is 17.5 Å². The van der Waals surface area contributed by atoms with Crippen molar-refractivity contribution in [2.45, 2.75) is 0 Å². The minimum atomic E-state index is 0.611. The highest BCUT2D eigenvalue weighted by molar-refractivity contribution is 6.44. The minimum absolute atomic E-state index is 0.611. The molecule has 1 aromatic heterocycles.